The number of anilines is 1. The molecule has 1 atom stereocenters. The van der Waals surface area contributed by atoms with Gasteiger partial charge in [0.15, 0.2) is 0 Å². The van der Waals surface area contributed by atoms with Crippen LogP contribution in [0.1, 0.15) is 12.8 Å². The Kier molecular flexibility index (Phi) is 4.15. The largest absolute Gasteiger partial charge is 0.481 e. The fourth-order valence-corrected chi connectivity index (χ4v) is 2.30. The number of hydrogen-bond donors (Lipinski definition) is 2. The number of aliphatic carboxylic acids is 1. The molecule has 1 heterocycles. The van der Waals surface area contributed by atoms with Crippen LogP contribution in [0.5, 0.6) is 0 Å². The summed E-state index contributed by atoms with van der Waals surface area (Å²) >= 11 is 0. The molecule has 2 rings (SSSR count). The summed E-state index contributed by atoms with van der Waals surface area (Å²) in [6.45, 7) is 2.34. The predicted molar refractivity (Wildman–Crippen MR) is 67.3 cm³/mol. The van der Waals surface area contributed by atoms with Crippen LogP contribution in [0.15, 0.2) is 24.3 Å². The van der Waals surface area contributed by atoms with Gasteiger partial charge in [0.25, 0.3) is 0 Å². The first kappa shape index (κ1) is 12.8. The maximum Gasteiger partial charge on any atom is 0.303 e. The number of hydrogen-bond acceptors (Lipinski definition) is 3. The van der Waals surface area contributed by atoms with Gasteiger partial charge in [-0.1, -0.05) is 6.07 Å². The fraction of sp³-hybridized carbons (Fsp3) is 0.462. The van der Waals surface area contributed by atoms with E-state index in [0.717, 1.165) is 25.3 Å². The van der Waals surface area contributed by atoms with Gasteiger partial charge >= 0.3 is 5.97 Å². The summed E-state index contributed by atoms with van der Waals surface area (Å²) in [6.07, 6.45) is 0.705. The number of rotatable bonds is 4. The molecular formula is C13H17FN2O2. The third kappa shape index (κ3) is 3.20. The van der Waals surface area contributed by atoms with Crippen LogP contribution >= 0.6 is 0 Å². The summed E-state index contributed by atoms with van der Waals surface area (Å²) in [6, 6.07) is 6.57. The molecule has 0 spiro atoms. The molecule has 0 radical (unpaired) electrons. The first-order valence-electron chi connectivity index (χ1n) is 6.11. The minimum Gasteiger partial charge on any atom is -0.481 e. The Hall–Kier alpha value is -1.62. The molecule has 1 aromatic carbocycles. The van der Waals surface area contributed by atoms with E-state index in [0.29, 0.717) is 6.42 Å². The van der Waals surface area contributed by atoms with Gasteiger partial charge in [0, 0.05) is 37.8 Å². The maximum atomic E-state index is 13.2. The summed E-state index contributed by atoms with van der Waals surface area (Å²) in [5.41, 5.74) is 0.826. The Morgan fingerprint density at radius 2 is 2.39 bits per heavy atom. The zero-order valence-corrected chi connectivity index (χ0v) is 10.1. The van der Waals surface area contributed by atoms with Gasteiger partial charge in [0.2, 0.25) is 0 Å². The molecule has 4 nitrogen and oxygen atoms in total. The molecule has 18 heavy (non-hydrogen) atoms. The lowest BCUT2D eigenvalue weighted by molar-refractivity contribution is -0.137. The summed E-state index contributed by atoms with van der Waals surface area (Å²) in [5, 5.41) is 12.0. The third-order valence-electron chi connectivity index (χ3n) is 3.18. The second kappa shape index (κ2) is 5.82. The van der Waals surface area contributed by atoms with Gasteiger partial charge in [0.1, 0.15) is 5.82 Å². The Bertz CT molecular complexity index is 425. The number of carboxylic acids is 1. The van der Waals surface area contributed by atoms with Gasteiger partial charge in [-0.25, -0.2) is 4.39 Å². The van der Waals surface area contributed by atoms with Crippen LogP contribution in [0.3, 0.4) is 0 Å². The Morgan fingerprint density at radius 3 is 3.11 bits per heavy atom. The van der Waals surface area contributed by atoms with E-state index in [4.69, 9.17) is 5.11 Å². The molecule has 1 aliphatic heterocycles. The average Bonchev–Trinajstić information content (AvgIpc) is 2.36. The second-order valence-corrected chi connectivity index (χ2v) is 4.46. The SMILES string of the molecule is O=C(O)CCC1CNCCN1c1cccc(F)c1. The van der Waals surface area contributed by atoms with Crippen LogP contribution in [0.2, 0.25) is 0 Å². The van der Waals surface area contributed by atoms with Crippen LogP contribution in [-0.4, -0.2) is 36.8 Å². The van der Waals surface area contributed by atoms with Gasteiger partial charge in [0.05, 0.1) is 0 Å². The van der Waals surface area contributed by atoms with Crippen LogP contribution in [0.25, 0.3) is 0 Å². The van der Waals surface area contributed by atoms with Crippen molar-refractivity contribution in [3.63, 3.8) is 0 Å². The number of carboxylic acid groups (broad SMARTS) is 1. The molecule has 2 N–H and O–H groups in total. The van der Waals surface area contributed by atoms with Gasteiger partial charge < -0.3 is 15.3 Å². The molecule has 1 saturated heterocycles. The Balaban J connectivity index is 2.09. The fourth-order valence-electron chi connectivity index (χ4n) is 2.30. The summed E-state index contributed by atoms with van der Waals surface area (Å²) in [7, 11) is 0. The molecule has 0 aromatic heterocycles. The van der Waals surface area contributed by atoms with E-state index in [1.54, 1.807) is 6.07 Å². The van der Waals surface area contributed by atoms with E-state index in [2.05, 4.69) is 10.2 Å². The zero-order chi connectivity index (χ0) is 13.0. The van der Waals surface area contributed by atoms with Crippen LogP contribution in [0, 0.1) is 5.82 Å². The topological polar surface area (TPSA) is 52.6 Å². The molecule has 1 unspecified atom stereocenters. The van der Waals surface area contributed by atoms with Crippen molar-refractivity contribution < 1.29 is 14.3 Å². The Labute approximate surface area is 105 Å². The smallest absolute Gasteiger partial charge is 0.303 e. The third-order valence-corrected chi connectivity index (χ3v) is 3.18. The van der Waals surface area contributed by atoms with Crippen molar-refractivity contribution in [3.05, 3.63) is 30.1 Å². The van der Waals surface area contributed by atoms with Crippen LogP contribution in [0.4, 0.5) is 10.1 Å². The minimum absolute atomic E-state index is 0.108. The first-order valence-corrected chi connectivity index (χ1v) is 6.11. The van der Waals surface area contributed by atoms with E-state index in [1.807, 2.05) is 6.07 Å². The number of carbonyl (C=O) groups is 1. The lowest BCUT2D eigenvalue weighted by Crippen LogP contribution is -2.51. The molecule has 5 heteroatoms. The molecule has 0 amide bonds. The van der Waals surface area contributed by atoms with Crippen LogP contribution < -0.4 is 10.2 Å². The summed E-state index contributed by atoms with van der Waals surface area (Å²) in [5.74, 6) is -1.05. The van der Waals surface area contributed by atoms with Crippen molar-refractivity contribution in [2.24, 2.45) is 0 Å². The molecular weight excluding hydrogens is 235 g/mol. The zero-order valence-electron chi connectivity index (χ0n) is 10.1. The van der Waals surface area contributed by atoms with Crippen molar-refractivity contribution in [2.75, 3.05) is 24.5 Å². The maximum absolute atomic E-state index is 13.2. The standard InChI is InChI=1S/C13H17FN2O2/c14-10-2-1-3-11(8-10)16-7-6-15-9-12(16)4-5-13(17)18/h1-3,8,12,15H,4-7,9H2,(H,17,18). The first-order chi connectivity index (χ1) is 8.66. The second-order valence-electron chi connectivity index (χ2n) is 4.46. The van der Waals surface area contributed by atoms with Crippen LogP contribution in [-0.2, 0) is 4.79 Å². The van der Waals surface area contributed by atoms with E-state index >= 15 is 0 Å². The minimum atomic E-state index is -0.792. The normalized spacial score (nSPS) is 19.8. The van der Waals surface area contributed by atoms with Crippen molar-refractivity contribution >= 4 is 11.7 Å². The van der Waals surface area contributed by atoms with E-state index in [1.165, 1.54) is 12.1 Å². The molecule has 0 saturated carbocycles. The van der Waals surface area contributed by atoms with Crippen molar-refractivity contribution in [3.8, 4) is 0 Å². The molecule has 1 fully saturated rings. The molecule has 0 aliphatic carbocycles. The van der Waals surface area contributed by atoms with E-state index in [-0.39, 0.29) is 18.3 Å². The number of nitrogens with zero attached hydrogens (tertiary/aromatic N) is 1. The highest BCUT2D eigenvalue weighted by Gasteiger charge is 2.23. The van der Waals surface area contributed by atoms with E-state index in [9.17, 15) is 9.18 Å². The highest BCUT2D eigenvalue weighted by molar-refractivity contribution is 5.66. The number of benzene rings is 1. The molecule has 1 aromatic rings. The lowest BCUT2D eigenvalue weighted by atomic mass is 10.1. The van der Waals surface area contributed by atoms with E-state index < -0.39 is 5.97 Å². The monoisotopic (exact) mass is 252 g/mol. The molecule has 0 bridgehead atoms. The molecule has 1 aliphatic rings. The van der Waals surface area contributed by atoms with Gasteiger partial charge in [-0.15, -0.1) is 0 Å². The Morgan fingerprint density at radius 1 is 1.56 bits per heavy atom. The van der Waals surface area contributed by atoms with Gasteiger partial charge in [-0.2, -0.15) is 0 Å². The number of nitrogens with one attached hydrogen (secondary N) is 1. The number of piperazine rings is 1. The van der Waals surface area contributed by atoms with Crippen molar-refractivity contribution in [1.82, 2.24) is 5.32 Å². The summed E-state index contributed by atoms with van der Waals surface area (Å²) in [4.78, 5) is 12.7. The van der Waals surface area contributed by atoms with Crippen molar-refractivity contribution in [2.45, 2.75) is 18.9 Å². The van der Waals surface area contributed by atoms with Gasteiger partial charge in [-0.3, -0.25) is 4.79 Å². The quantitative estimate of drug-likeness (QED) is 0.852. The average molecular weight is 252 g/mol. The predicted octanol–water partition coefficient (Wildman–Crippen LogP) is 1.47. The number of halogens is 1. The van der Waals surface area contributed by atoms with Gasteiger partial charge in [-0.05, 0) is 24.6 Å². The molecule has 98 valence electrons. The van der Waals surface area contributed by atoms with Crippen molar-refractivity contribution in [1.29, 1.82) is 0 Å². The lowest BCUT2D eigenvalue weighted by Gasteiger charge is -2.38. The highest BCUT2D eigenvalue weighted by Crippen LogP contribution is 2.21. The summed E-state index contributed by atoms with van der Waals surface area (Å²) < 4.78 is 13.2. The highest BCUT2D eigenvalue weighted by atomic mass is 19.1.